The lowest BCUT2D eigenvalue weighted by Crippen LogP contribution is -2.12. The molecule has 0 N–H and O–H groups in total. The first kappa shape index (κ1) is 17.3. The molecule has 0 saturated carbocycles. The van der Waals surface area contributed by atoms with Gasteiger partial charge in [-0.1, -0.05) is 54.6 Å². The summed E-state index contributed by atoms with van der Waals surface area (Å²) in [6.07, 6.45) is 2.62. The normalized spacial score (nSPS) is 16.9. The number of ketones is 1. The fraction of sp³-hybridized carbons (Fsp3) is 0.125. The zero-order valence-electron chi connectivity index (χ0n) is 14.7. The second-order valence-electron chi connectivity index (χ2n) is 6.85. The second-order valence-corrected chi connectivity index (χ2v) is 6.85. The predicted octanol–water partition coefficient (Wildman–Crippen LogP) is 6.16. The number of hydrogen-bond donors (Lipinski definition) is 0. The average molecular weight is 360 g/mol. The van der Waals surface area contributed by atoms with E-state index in [0.717, 1.165) is 16.7 Å². The summed E-state index contributed by atoms with van der Waals surface area (Å²) < 4.78 is 27.9. The SMILES string of the molecule is O=C1C=C(c2ccc(-c3ccccc3)c(F)c2)C[C@@H](c2ccc(F)cc2)C1. The molecule has 3 aromatic rings. The molecular weight excluding hydrogens is 342 g/mol. The lowest BCUT2D eigenvalue weighted by molar-refractivity contribution is -0.115. The molecule has 0 radical (unpaired) electrons. The highest BCUT2D eigenvalue weighted by molar-refractivity contribution is 5.99. The van der Waals surface area contributed by atoms with Crippen LogP contribution in [0.5, 0.6) is 0 Å². The lowest BCUT2D eigenvalue weighted by Gasteiger charge is -2.23. The van der Waals surface area contributed by atoms with Gasteiger partial charge in [0.2, 0.25) is 0 Å². The number of carbonyl (C=O) groups is 1. The van der Waals surface area contributed by atoms with Gasteiger partial charge >= 0.3 is 0 Å². The van der Waals surface area contributed by atoms with Crippen LogP contribution in [0.1, 0.15) is 29.9 Å². The predicted molar refractivity (Wildman–Crippen MR) is 103 cm³/mol. The maximum absolute atomic E-state index is 14.7. The molecule has 3 aromatic carbocycles. The summed E-state index contributed by atoms with van der Waals surface area (Å²) in [4.78, 5) is 12.2. The first-order valence-corrected chi connectivity index (χ1v) is 8.94. The van der Waals surface area contributed by atoms with E-state index in [1.165, 1.54) is 18.2 Å². The highest BCUT2D eigenvalue weighted by Gasteiger charge is 2.23. The van der Waals surface area contributed by atoms with E-state index < -0.39 is 0 Å². The molecular formula is C24H18F2O. The molecule has 0 aliphatic heterocycles. The van der Waals surface area contributed by atoms with Crippen LogP contribution in [0.25, 0.3) is 16.7 Å². The van der Waals surface area contributed by atoms with E-state index in [9.17, 15) is 13.6 Å². The third-order valence-electron chi connectivity index (χ3n) is 5.02. The van der Waals surface area contributed by atoms with Crippen LogP contribution in [0.4, 0.5) is 8.78 Å². The van der Waals surface area contributed by atoms with Gasteiger partial charge in [0.05, 0.1) is 0 Å². The fourth-order valence-corrected chi connectivity index (χ4v) is 3.63. The van der Waals surface area contributed by atoms with Crippen molar-refractivity contribution in [2.75, 3.05) is 0 Å². The second kappa shape index (κ2) is 7.28. The summed E-state index contributed by atoms with van der Waals surface area (Å²) >= 11 is 0. The smallest absolute Gasteiger partial charge is 0.156 e. The molecule has 0 fully saturated rings. The minimum Gasteiger partial charge on any atom is -0.295 e. The average Bonchev–Trinajstić information content (AvgIpc) is 2.68. The molecule has 1 aliphatic carbocycles. The van der Waals surface area contributed by atoms with Gasteiger partial charge in [-0.3, -0.25) is 4.79 Å². The van der Waals surface area contributed by atoms with E-state index in [2.05, 4.69) is 0 Å². The summed E-state index contributed by atoms with van der Waals surface area (Å²) in [5.74, 6) is -0.612. The van der Waals surface area contributed by atoms with Gasteiger partial charge in [-0.25, -0.2) is 8.78 Å². The number of benzene rings is 3. The van der Waals surface area contributed by atoms with Crippen molar-refractivity contribution in [3.05, 3.63) is 102 Å². The standard InChI is InChI=1S/C24H18F2O/c25-21-9-6-16(7-10-21)19-12-20(14-22(27)13-19)18-8-11-23(24(26)15-18)17-4-2-1-3-5-17/h1-11,14-15,19H,12-13H2/t19-/m1/s1. The topological polar surface area (TPSA) is 17.1 Å². The Balaban J connectivity index is 1.63. The molecule has 0 heterocycles. The molecule has 0 bridgehead atoms. The maximum Gasteiger partial charge on any atom is 0.156 e. The quantitative estimate of drug-likeness (QED) is 0.546. The third kappa shape index (κ3) is 3.72. The maximum atomic E-state index is 14.7. The summed E-state index contributed by atoms with van der Waals surface area (Å²) in [5, 5.41) is 0. The molecule has 0 unspecified atom stereocenters. The van der Waals surface area contributed by atoms with Crippen LogP contribution in [-0.2, 0) is 4.79 Å². The van der Waals surface area contributed by atoms with Crippen LogP contribution >= 0.6 is 0 Å². The van der Waals surface area contributed by atoms with Gasteiger partial charge in [0.1, 0.15) is 11.6 Å². The monoisotopic (exact) mass is 360 g/mol. The number of halogens is 2. The summed E-state index contributed by atoms with van der Waals surface area (Å²) in [5.41, 5.74) is 3.82. The molecule has 1 aliphatic rings. The Morgan fingerprint density at radius 3 is 2.22 bits per heavy atom. The first-order valence-electron chi connectivity index (χ1n) is 8.94. The fourth-order valence-electron chi connectivity index (χ4n) is 3.63. The zero-order chi connectivity index (χ0) is 18.8. The third-order valence-corrected chi connectivity index (χ3v) is 5.02. The van der Waals surface area contributed by atoms with Gasteiger partial charge < -0.3 is 0 Å². The molecule has 0 amide bonds. The number of carbonyl (C=O) groups excluding carboxylic acids is 1. The molecule has 4 rings (SSSR count). The number of allylic oxidation sites excluding steroid dienone is 2. The van der Waals surface area contributed by atoms with Gasteiger partial charge in [-0.2, -0.15) is 0 Å². The van der Waals surface area contributed by atoms with Crippen LogP contribution in [0, 0.1) is 11.6 Å². The minimum atomic E-state index is -0.309. The summed E-state index contributed by atoms with van der Waals surface area (Å²) in [7, 11) is 0. The van der Waals surface area contributed by atoms with Crippen LogP contribution in [-0.4, -0.2) is 5.78 Å². The largest absolute Gasteiger partial charge is 0.295 e. The van der Waals surface area contributed by atoms with E-state index in [4.69, 9.17) is 0 Å². The lowest BCUT2D eigenvalue weighted by atomic mass is 9.81. The molecule has 1 nitrogen and oxygen atoms in total. The molecule has 0 spiro atoms. The van der Waals surface area contributed by atoms with Crippen LogP contribution in [0.15, 0.2) is 78.9 Å². The van der Waals surface area contributed by atoms with Crippen molar-refractivity contribution in [1.29, 1.82) is 0 Å². The van der Waals surface area contributed by atoms with E-state index in [-0.39, 0.29) is 23.3 Å². The Labute approximate surface area is 157 Å². The Bertz CT molecular complexity index is 1000. The molecule has 134 valence electrons. The van der Waals surface area contributed by atoms with Gasteiger partial charge in [-0.05, 0) is 58.9 Å². The van der Waals surface area contributed by atoms with Crippen molar-refractivity contribution < 1.29 is 13.6 Å². The van der Waals surface area contributed by atoms with E-state index >= 15 is 0 Å². The van der Waals surface area contributed by atoms with Crippen molar-refractivity contribution >= 4 is 11.4 Å². The highest BCUT2D eigenvalue weighted by Crippen LogP contribution is 2.37. The van der Waals surface area contributed by atoms with Crippen LogP contribution in [0.2, 0.25) is 0 Å². The number of rotatable bonds is 3. The zero-order valence-corrected chi connectivity index (χ0v) is 14.7. The van der Waals surface area contributed by atoms with Crippen molar-refractivity contribution in [3.63, 3.8) is 0 Å². The summed E-state index contributed by atoms with van der Waals surface area (Å²) in [6, 6.07) is 20.7. The Morgan fingerprint density at radius 1 is 0.778 bits per heavy atom. The van der Waals surface area contributed by atoms with Crippen molar-refractivity contribution in [2.24, 2.45) is 0 Å². The van der Waals surface area contributed by atoms with Crippen LogP contribution in [0.3, 0.4) is 0 Å². The Kier molecular flexibility index (Phi) is 4.68. The van der Waals surface area contributed by atoms with Gasteiger partial charge in [0, 0.05) is 12.0 Å². The summed E-state index contributed by atoms with van der Waals surface area (Å²) in [6.45, 7) is 0. The van der Waals surface area contributed by atoms with Crippen molar-refractivity contribution in [2.45, 2.75) is 18.8 Å². The Morgan fingerprint density at radius 2 is 1.52 bits per heavy atom. The minimum absolute atomic E-state index is 0.0121. The van der Waals surface area contributed by atoms with E-state index in [0.29, 0.717) is 24.0 Å². The molecule has 0 saturated heterocycles. The molecule has 27 heavy (non-hydrogen) atoms. The molecule has 0 aromatic heterocycles. The Hall–Kier alpha value is -3.07. The van der Waals surface area contributed by atoms with E-state index in [1.807, 2.05) is 36.4 Å². The van der Waals surface area contributed by atoms with Crippen LogP contribution < -0.4 is 0 Å². The van der Waals surface area contributed by atoms with Gasteiger partial charge in [0.15, 0.2) is 5.78 Å². The highest BCUT2D eigenvalue weighted by atomic mass is 19.1. The van der Waals surface area contributed by atoms with E-state index in [1.54, 1.807) is 24.3 Å². The number of hydrogen-bond acceptors (Lipinski definition) is 1. The van der Waals surface area contributed by atoms with Gasteiger partial charge in [-0.15, -0.1) is 0 Å². The molecule has 3 heteroatoms. The van der Waals surface area contributed by atoms with Gasteiger partial charge in [0.25, 0.3) is 0 Å². The van der Waals surface area contributed by atoms with Crippen molar-refractivity contribution in [1.82, 2.24) is 0 Å². The van der Waals surface area contributed by atoms with Crippen molar-refractivity contribution in [3.8, 4) is 11.1 Å². The molecule has 1 atom stereocenters. The first-order chi connectivity index (χ1) is 13.1.